The fraction of sp³-hybridized carbons (Fsp3) is 0.353. The van der Waals surface area contributed by atoms with E-state index in [1.165, 1.54) is 11.8 Å². The normalized spacial score (nSPS) is 12.4. The molecule has 0 bridgehead atoms. The van der Waals surface area contributed by atoms with Crippen LogP contribution in [0.1, 0.15) is 24.7 Å². The van der Waals surface area contributed by atoms with Gasteiger partial charge in [0, 0.05) is 20.3 Å². The van der Waals surface area contributed by atoms with Crippen molar-refractivity contribution in [1.29, 1.82) is 0 Å². The monoisotopic (exact) mass is 346 g/mol. The predicted molar refractivity (Wildman–Crippen MR) is 96.6 cm³/mol. The number of aromatic amines is 1. The van der Waals surface area contributed by atoms with Crippen LogP contribution in [0, 0.1) is 0 Å². The van der Waals surface area contributed by atoms with Crippen LogP contribution in [0.4, 0.5) is 0 Å². The molecule has 0 aliphatic rings. The van der Waals surface area contributed by atoms with Crippen molar-refractivity contribution in [1.82, 2.24) is 20.5 Å². The van der Waals surface area contributed by atoms with Crippen LogP contribution in [0.3, 0.4) is 0 Å². The van der Waals surface area contributed by atoms with Gasteiger partial charge in [0.2, 0.25) is 11.1 Å². The molecule has 6 nitrogen and oxygen atoms in total. The Morgan fingerprint density at radius 2 is 2.17 bits per heavy atom. The maximum Gasteiger partial charge on any atom is 0.233 e. The number of nitrogens with zero attached hydrogens (tertiary/aromatic N) is 2. The molecule has 2 aromatic rings. The van der Waals surface area contributed by atoms with Gasteiger partial charge in [-0.3, -0.25) is 9.89 Å². The predicted octanol–water partition coefficient (Wildman–Crippen LogP) is 2.61. The molecule has 0 radical (unpaired) electrons. The van der Waals surface area contributed by atoms with Crippen LogP contribution >= 0.6 is 11.8 Å². The topological polar surface area (TPSA) is 79.9 Å². The number of ether oxygens (including phenoxy) is 1. The minimum Gasteiger partial charge on any atom is -0.385 e. The van der Waals surface area contributed by atoms with E-state index in [4.69, 9.17) is 4.74 Å². The zero-order chi connectivity index (χ0) is 17.2. The van der Waals surface area contributed by atoms with Crippen LogP contribution in [-0.2, 0) is 9.53 Å². The van der Waals surface area contributed by atoms with E-state index in [-0.39, 0.29) is 11.2 Å². The Morgan fingerprint density at radius 3 is 2.92 bits per heavy atom. The highest BCUT2D eigenvalue weighted by molar-refractivity contribution is 8.00. The Morgan fingerprint density at radius 1 is 1.38 bits per heavy atom. The number of benzene rings is 1. The highest BCUT2D eigenvalue weighted by atomic mass is 32.2. The van der Waals surface area contributed by atoms with Crippen LogP contribution in [0.5, 0.6) is 0 Å². The number of aromatic nitrogens is 3. The Hall–Kier alpha value is -2.12. The van der Waals surface area contributed by atoms with Gasteiger partial charge in [-0.1, -0.05) is 48.2 Å². The maximum atomic E-state index is 12.0. The molecule has 2 rings (SSSR count). The summed E-state index contributed by atoms with van der Waals surface area (Å²) < 4.78 is 4.95. The highest BCUT2D eigenvalue weighted by Gasteiger charge is 2.16. The van der Waals surface area contributed by atoms with Crippen molar-refractivity contribution < 1.29 is 9.53 Å². The first kappa shape index (κ1) is 18.2. The number of carbonyl (C=O) groups is 1. The molecule has 0 saturated carbocycles. The van der Waals surface area contributed by atoms with E-state index in [9.17, 15) is 4.79 Å². The van der Waals surface area contributed by atoms with Gasteiger partial charge in [0.15, 0.2) is 0 Å². The second kappa shape index (κ2) is 9.89. The molecule has 0 fully saturated rings. The van der Waals surface area contributed by atoms with Crippen molar-refractivity contribution in [3.05, 3.63) is 41.7 Å². The van der Waals surface area contributed by atoms with Gasteiger partial charge in [0.25, 0.3) is 0 Å². The van der Waals surface area contributed by atoms with Crippen molar-refractivity contribution in [2.45, 2.75) is 23.8 Å². The van der Waals surface area contributed by atoms with E-state index in [0.29, 0.717) is 24.1 Å². The maximum absolute atomic E-state index is 12.0. The molecule has 1 aromatic carbocycles. The third kappa shape index (κ3) is 6.17. The van der Waals surface area contributed by atoms with Crippen molar-refractivity contribution in [3.8, 4) is 0 Å². The Labute approximate surface area is 146 Å². The number of amides is 1. The lowest BCUT2D eigenvalue weighted by molar-refractivity contribution is -0.120. The van der Waals surface area contributed by atoms with Gasteiger partial charge in [-0.25, -0.2) is 4.98 Å². The molecule has 1 amide bonds. The largest absolute Gasteiger partial charge is 0.385 e. The number of hydrogen-bond donors (Lipinski definition) is 2. The summed E-state index contributed by atoms with van der Waals surface area (Å²) in [5.74, 6) is 0.635. The average Bonchev–Trinajstić information content (AvgIpc) is 3.05. The van der Waals surface area contributed by atoms with Gasteiger partial charge in [0.1, 0.15) is 5.82 Å². The van der Waals surface area contributed by atoms with Gasteiger partial charge in [-0.2, -0.15) is 0 Å². The SMILES string of the molecule is COCCCNC(=O)C(C)Sc1n[nH]c(/C=C/c2ccccc2)n1. The highest BCUT2D eigenvalue weighted by Crippen LogP contribution is 2.19. The van der Waals surface area contributed by atoms with Crippen LogP contribution < -0.4 is 5.32 Å². The lowest BCUT2D eigenvalue weighted by Gasteiger charge is -2.09. The van der Waals surface area contributed by atoms with Gasteiger partial charge in [0.05, 0.1) is 5.25 Å². The third-order valence-corrected chi connectivity index (χ3v) is 4.15. The van der Waals surface area contributed by atoms with Crippen LogP contribution in [0.15, 0.2) is 35.5 Å². The van der Waals surface area contributed by atoms with Crippen molar-refractivity contribution >= 4 is 29.8 Å². The van der Waals surface area contributed by atoms with E-state index < -0.39 is 0 Å². The Kier molecular flexibility index (Phi) is 7.51. The number of methoxy groups -OCH3 is 1. The lowest BCUT2D eigenvalue weighted by atomic mass is 10.2. The minimum absolute atomic E-state index is 0.0257. The molecule has 24 heavy (non-hydrogen) atoms. The number of carbonyl (C=O) groups excluding carboxylic acids is 1. The first-order valence-electron chi connectivity index (χ1n) is 7.78. The summed E-state index contributed by atoms with van der Waals surface area (Å²) in [5, 5.41) is 10.2. The molecule has 0 aliphatic carbocycles. The molecule has 0 saturated heterocycles. The first-order chi connectivity index (χ1) is 11.7. The molecule has 0 aliphatic heterocycles. The molecule has 0 spiro atoms. The number of rotatable bonds is 9. The van der Waals surface area contributed by atoms with E-state index in [2.05, 4.69) is 20.5 Å². The summed E-state index contributed by atoms with van der Waals surface area (Å²) in [7, 11) is 1.65. The smallest absolute Gasteiger partial charge is 0.233 e. The molecule has 1 aromatic heterocycles. The summed E-state index contributed by atoms with van der Waals surface area (Å²) >= 11 is 1.33. The molecule has 1 heterocycles. The second-order valence-electron chi connectivity index (χ2n) is 5.14. The fourth-order valence-electron chi connectivity index (χ4n) is 1.91. The van der Waals surface area contributed by atoms with Crippen LogP contribution in [-0.4, -0.2) is 46.6 Å². The summed E-state index contributed by atoms with van der Waals surface area (Å²) in [6.07, 6.45) is 4.62. The Balaban J connectivity index is 1.82. The lowest BCUT2D eigenvalue weighted by Crippen LogP contribution is -2.32. The number of nitrogens with one attached hydrogen (secondary N) is 2. The summed E-state index contributed by atoms with van der Waals surface area (Å²) in [4.78, 5) is 16.3. The average molecular weight is 346 g/mol. The molecule has 128 valence electrons. The van der Waals surface area contributed by atoms with Gasteiger partial charge < -0.3 is 10.1 Å². The molecule has 7 heteroatoms. The Bertz CT molecular complexity index is 658. The van der Waals surface area contributed by atoms with Crippen molar-refractivity contribution in [3.63, 3.8) is 0 Å². The second-order valence-corrected chi connectivity index (χ2v) is 6.45. The standard InChI is InChI=1S/C17H22N4O2S/c1-13(16(22)18-11-6-12-23-2)24-17-19-15(20-21-17)10-9-14-7-4-3-5-8-14/h3-5,7-10,13H,6,11-12H2,1-2H3,(H,18,22)(H,19,20,21)/b10-9+. The molecular formula is C17H22N4O2S. The minimum atomic E-state index is -0.255. The molecule has 2 N–H and O–H groups in total. The zero-order valence-electron chi connectivity index (χ0n) is 13.9. The van der Waals surface area contributed by atoms with Gasteiger partial charge in [-0.05, 0) is 25.0 Å². The fourth-order valence-corrected chi connectivity index (χ4v) is 2.66. The number of hydrogen-bond acceptors (Lipinski definition) is 5. The van der Waals surface area contributed by atoms with Gasteiger partial charge >= 0.3 is 0 Å². The molecule has 1 atom stereocenters. The summed E-state index contributed by atoms with van der Waals surface area (Å²) in [5.41, 5.74) is 1.09. The molecule has 1 unspecified atom stereocenters. The van der Waals surface area contributed by atoms with E-state index in [1.807, 2.05) is 49.4 Å². The van der Waals surface area contributed by atoms with Crippen LogP contribution in [0.25, 0.3) is 12.2 Å². The number of H-pyrrole nitrogens is 1. The third-order valence-electron chi connectivity index (χ3n) is 3.19. The van der Waals surface area contributed by atoms with E-state index in [1.54, 1.807) is 7.11 Å². The van der Waals surface area contributed by atoms with Crippen LogP contribution in [0.2, 0.25) is 0 Å². The zero-order valence-corrected chi connectivity index (χ0v) is 14.7. The van der Waals surface area contributed by atoms with Crippen molar-refractivity contribution in [2.75, 3.05) is 20.3 Å². The first-order valence-corrected chi connectivity index (χ1v) is 8.66. The number of thioether (sulfide) groups is 1. The summed E-state index contributed by atoms with van der Waals surface area (Å²) in [6, 6.07) is 9.96. The summed E-state index contributed by atoms with van der Waals surface area (Å²) in [6.45, 7) is 3.09. The molecular weight excluding hydrogens is 324 g/mol. The quantitative estimate of drug-likeness (QED) is 0.539. The van der Waals surface area contributed by atoms with E-state index in [0.717, 1.165) is 12.0 Å². The van der Waals surface area contributed by atoms with Crippen molar-refractivity contribution in [2.24, 2.45) is 0 Å². The van der Waals surface area contributed by atoms with Gasteiger partial charge in [-0.15, -0.1) is 5.10 Å². The van der Waals surface area contributed by atoms with E-state index >= 15 is 0 Å².